The monoisotopic (exact) mass is 260 g/mol. The lowest BCUT2D eigenvalue weighted by Crippen LogP contribution is -2.36. The second-order valence-electron chi connectivity index (χ2n) is 5.36. The van der Waals surface area contributed by atoms with Crippen LogP contribution < -0.4 is 10.6 Å². The third kappa shape index (κ3) is 3.49. The summed E-state index contributed by atoms with van der Waals surface area (Å²) in [4.78, 5) is 14.6. The molecule has 2 rings (SSSR count). The zero-order valence-corrected chi connectivity index (χ0v) is 11.8. The minimum Gasteiger partial charge on any atom is -0.399 e. The van der Waals surface area contributed by atoms with Crippen LogP contribution in [0.4, 0.5) is 11.4 Å². The van der Waals surface area contributed by atoms with E-state index in [2.05, 4.69) is 0 Å². The molecule has 0 radical (unpaired) electrons. The lowest BCUT2D eigenvalue weighted by molar-refractivity contribution is -0.122. The van der Waals surface area contributed by atoms with Crippen LogP contribution in [0.5, 0.6) is 0 Å². The van der Waals surface area contributed by atoms with Crippen LogP contribution in [-0.2, 0) is 4.79 Å². The number of amides is 1. The first-order valence-electron chi connectivity index (χ1n) is 7.39. The van der Waals surface area contributed by atoms with Gasteiger partial charge in [-0.05, 0) is 44.0 Å². The topological polar surface area (TPSA) is 46.3 Å². The van der Waals surface area contributed by atoms with Crippen molar-refractivity contribution in [2.24, 2.45) is 5.92 Å². The van der Waals surface area contributed by atoms with E-state index >= 15 is 0 Å². The molecule has 0 bridgehead atoms. The molecule has 1 aliphatic rings. The van der Waals surface area contributed by atoms with Crippen molar-refractivity contribution in [3.63, 3.8) is 0 Å². The fraction of sp³-hybridized carbons (Fsp3) is 0.562. The number of nitrogens with zero attached hydrogens (tertiary/aromatic N) is 1. The Balaban J connectivity index is 2.11. The first-order chi connectivity index (χ1) is 9.22. The number of nitrogens with two attached hydrogens (primary N) is 1. The molecule has 2 N–H and O–H groups in total. The molecular weight excluding hydrogens is 236 g/mol. The molecule has 0 spiro atoms. The van der Waals surface area contributed by atoms with E-state index in [-0.39, 0.29) is 11.8 Å². The quantitative estimate of drug-likeness (QED) is 0.667. The van der Waals surface area contributed by atoms with Gasteiger partial charge < -0.3 is 10.6 Å². The molecule has 1 aliphatic carbocycles. The molecular formula is C16H24N2O. The minimum atomic E-state index is 0.208. The van der Waals surface area contributed by atoms with Crippen LogP contribution >= 0.6 is 0 Å². The number of anilines is 2. The molecule has 1 aromatic rings. The standard InChI is InChI=1S/C16H24N2O/c1-2-18(15-11-9-14(17)10-12-15)16(19)13-7-5-3-4-6-8-13/h9-13H,2-8,17H2,1H3. The molecule has 0 saturated heterocycles. The molecule has 1 amide bonds. The van der Waals surface area contributed by atoms with Crippen LogP contribution in [-0.4, -0.2) is 12.5 Å². The smallest absolute Gasteiger partial charge is 0.230 e. The van der Waals surface area contributed by atoms with Crippen molar-refractivity contribution in [3.8, 4) is 0 Å². The molecule has 1 saturated carbocycles. The summed E-state index contributed by atoms with van der Waals surface area (Å²) >= 11 is 0. The van der Waals surface area contributed by atoms with Crippen LogP contribution in [0.15, 0.2) is 24.3 Å². The largest absolute Gasteiger partial charge is 0.399 e. The summed E-state index contributed by atoms with van der Waals surface area (Å²) in [6.07, 6.45) is 7.02. The normalized spacial score (nSPS) is 16.9. The highest BCUT2D eigenvalue weighted by Gasteiger charge is 2.25. The van der Waals surface area contributed by atoms with Crippen LogP contribution in [0.2, 0.25) is 0 Å². The average molecular weight is 260 g/mol. The van der Waals surface area contributed by atoms with Crippen molar-refractivity contribution in [1.29, 1.82) is 0 Å². The van der Waals surface area contributed by atoms with Crippen LogP contribution in [0, 0.1) is 5.92 Å². The Morgan fingerprint density at radius 1 is 1.16 bits per heavy atom. The minimum absolute atomic E-state index is 0.208. The summed E-state index contributed by atoms with van der Waals surface area (Å²) in [5.41, 5.74) is 7.41. The summed E-state index contributed by atoms with van der Waals surface area (Å²) in [5.74, 6) is 0.495. The third-order valence-electron chi connectivity index (χ3n) is 3.99. The fourth-order valence-electron chi connectivity index (χ4n) is 2.87. The highest BCUT2D eigenvalue weighted by Crippen LogP contribution is 2.27. The zero-order valence-electron chi connectivity index (χ0n) is 11.8. The maximum atomic E-state index is 12.7. The van der Waals surface area contributed by atoms with E-state index in [0.717, 1.165) is 30.8 Å². The molecule has 3 nitrogen and oxygen atoms in total. The van der Waals surface area contributed by atoms with Gasteiger partial charge in [0.05, 0.1) is 0 Å². The van der Waals surface area contributed by atoms with Gasteiger partial charge in [0.1, 0.15) is 0 Å². The molecule has 0 atom stereocenters. The number of benzene rings is 1. The molecule has 19 heavy (non-hydrogen) atoms. The van der Waals surface area contributed by atoms with Crippen molar-refractivity contribution in [1.82, 2.24) is 0 Å². The zero-order chi connectivity index (χ0) is 13.7. The molecule has 1 fully saturated rings. The molecule has 0 unspecified atom stereocenters. The predicted octanol–water partition coefficient (Wildman–Crippen LogP) is 3.59. The van der Waals surface area contributed by atoms with E-state index in [1.807, 2.05) is 36.1 Å². The maximum absolute atomic E-state index is 12.7. The van der Waals surface area contributed by atoms with Crippen molar-refractivity contribution in [3.05, 3.63) is 24.3 Å². The molecule has 3 heteroatoms. The molecule has 0 heterocycles. The molecule has 0 aromatic heterocycles. The van der Waals surface area contributed by atoms with E-state index in [1.54, 1.807) is 0 Å². The predicted molar refractivity (Wildman–Crippen MR) is 80.1 cm³/mol. The lowest BCUT2D eigenvalue weighted by Gasteiger charge is -2.26. The molecule has 104 valence electrons. The summed E-state index contributed by atoms with van der Waals surface area (Å²) in [6.45, 7) is 2.75. The second-order valence-corrected chi connectivity index (χ2v) is 5.36. The highest BCUT2D eigenvalue weighted by molar-refractivity contribution is 5.95. The number of rotatable bonds is 3. The van der Waals surface area contributed by atoms with Crippen molar-refractivity contribution < 1.29 is 4.79 Å². The van der Waals surface area contributed by atoms with Gasteiger partial charge in [-0.3, -0.25) is 4.79 Å². The summed E-state index contributed by atoms with van der Waals surface area (Å²) in [6, 6.07) is 7.59. The van der Waals surface area contributed by atoms with Crippen LogP contribution in [0.25, 0.3) is 0 Å². The van der Waals surface area contributed by atoms with Crippen LogP contribution in [0.1, 0.15) is 45.4 Å². The first kappa shape index (κ1) is 13.9. The van der Waals surface area contributed by atoms with Gasteiger partial charge in [0.25, 0.3) is 0 Å². The van der Waals surface area contributed by atoms with Gasteiger partial charge in [0, 0.05) is 23.8 Å². The Bertz CT molecular complexity index is 405. The maximum Gasteiger partial charge on any atom is 0.230 e. The Morgan fingerprint density at radius 3 is 2.26 bits per heavy atom. The van der Waals surface area contributed by atoms with E-state index < -0.39 is 0 Å². The summed E-state index contributed by atoms with van der Waals surface area (Å²) in [7, 11) is 0. The van der Waals surface area contributed by atoms with E-state index in [1.165, 1.54) is 25.7 Å². The van der Waals surface area contributed by atoms with E-state index in [4.69, 9.17) is 5.73 Å². The van der Waals surface area contributed by atoms with E-state index in [0.29, 0.717) is 0 Å². The Labute approximate surface area is 115 Å². The van der Waals surface area contributed by atoms with Gasteiger partial charge in [0.2, 0.25) is 5.91 Å². The van der Waals surface area contributed by atoms with Crippen molar-refractivity contribution in [2.45, 2.75) is 45.4 Å². The Hall–Kier alpha value is -1.51. The van der Waals surface area contributed by atoms with Gasteiger partial charge in [0.15, 0.2) is 0 Å². The second kappa shape index (κ2) is 6.60. The van der Waals surface area contributed by atoms with Crippen molar-refractivity contribution in [2.75, 3.05) is 17.2 Å². The third-order valence-corrected chi connectivity index (χ3v) is 3.99. The molecule has 1 aromatic carbocycles. The van der Waals surface area contributed by atoms with Gasteiger partial charge in [-0.15, -0.1) is 0 Å². The number of nitrogen functional groups attached to an aromatic ring is 1. The summed E-state index contributed by atoms with van der Waals surface area (Å²) < 4.78 is 0. The summed E-state index contributed by atoms with van der Waals surface area (Å²) in [5, 5.41) is 0. The lowest BCUT2D eigenvalue weighted by atomic mass is 9.98. The number of carbonyl (C=O) groups is 1. The first-order valence-corrected chi connectivity index (χ1v) is 7.39. The number of hydrogen-bond acceptors (Lipinski definition) is 2. The van der Waals surface area contributed by atoms with Crippen LogP contribution in [0.3, 0.4) is 0 Å². The molecule has 0 aliphatic heterocycles. The Kier molecular flexibility index (Phi) is 4.83. The number of carbonyl (C=O) groups excluding carboxylic acids is 1. The van der Waals surface area contributed by atoms with Gasteiger partial charge in [-0.1, -0.05) is 25.7 Å². The average Bonchev–Trinajstić information content (AvgIpc) is 2.70. The SMILES string of the molecule is CCN(C(=O)C1CCCCCC1)c1ccc(N)cc1. The fourth-order valence-corrected chi connectivity index (χ4v) is 2.87. The van der Waals surface area contributed by atoms with Crippen molar-refractivity contribution >= 4 is 17.3 Å². The highest BCUT2D eigenvalue weighted by atomic mass is 16.2. The van der Waals surface area contributed by atoms with Gasteiger partial charge >= 0.3 is 0 Å². The van der Waals surface area contributed by atoms with Gasteiger partial charge in [-0.25, -0.2) is 0 Å². The van der Waals surface area contributed by atoms with E-state index in [9.17, 15) is 4.79 Å². The number of hydrogen-bond donors (Lipinski definition) is 1. The van der Waals surface area contributed by atoms with Gasteiger partial charge in [-0.2, -0.15) is 0 Å². The Morgan fingerprint density at radius 2 is 1.74 bits per heavy atom.